The van der Waals surface area contributed by atoms with Crippen LogP contribution in [0.4, 0.5) is 0 Å². The quantitative estimate of drug-likeness (QED) is 0.532. The van der Waals surface area contributed by atoms with Crippen LogP contribution in [0.25, 0.3) is 22.2 Å². The Labute approximate surface area is 163 Å². The van der Waals surface area contributed by atoms with Gasteiger partial charge in [-0.1, -0.05) is 30.3 Å². The lowest BCUT2D eigenvalue weighted by Gasteiger charge is -2.31. The molecule has 0 bridgehead atoms. The number of hydrogen-bond acceptors (Lipinski definition) is 5. The zero-order valence-corrected chi connectivity index (χ0v) is 15.9. The second-order valence-electron chi connectivity index (χ2n) is 7.26. The van der Waals surface area contributed by atoms with Crippen molar-refractivity contribution in [3.8, 4) is 17.1 Å². The van der Waals surface area contributed by atoms with E-state index in [1.807, 2.05) is 18.2 Å². The molecule has 5 rings (SSSR count). The maximum absolute atomic E-state index is 6.20. The van der Waals surface area contributed by atoms with E-state index in [0.29, 0.717) is 5.88 Å². The van der Waals surface area contributed by atoms with E-state index in [1.165, 1.54) is 11.1 Å². The molecule has 0 amide bonds. The molecule has 0 fully saturated rings. The van der Waals surface area contributed by atoms with Gasteiger partial charge in [-0.3, -0.25) is 0 Å². The lowest BCUT2D eigenvalue weighted by Crippen LogP contribution is -2.30. The van der Waals surface area contributed by atoms with E-state index in [2.05, 4.69) is 52.2 Å². The minimum atomic E-state index is 0.207. The van der Waals surface area contributed by atoms with Crippen molar-refractivity contribution in [2.75, 3.05) is 20.7 Å². The molecule has 0 aliphatic carbocycles. The number of hydrogen-bond donors (Lipinski definition) is 0. The number of likely N-dealkylation sites (N-methyl/N-ethyl adjacent to an activating group) is 1. The number of methoxy groups -OCH3 is 1. The molecule has 28 heavy (non-hydrogen) atoms. The second kappa shape index (κ2) is 6.77. The molecule has 0 saturated carbocycles. The molecular weight excluding hydrogens is 350 g/mol. The van der Waals surface area contributed by atoms with Gasteiger partial charge < -0.3 is 14.1 Å². The molecule has 1 aliphatic rings. The number of ether oxygens (including phenoxy) is 1. The highest BCUT2D eigenvalue weighted by Crippen LogP contribution is 2.38. The number of benzene rings is 2. The summed E-state index contributed by atoms with van der Waals surface area (Å²) in [7, 11) is 3.77. The van der Waals surface area contributed by atoms with E-state index in [9.17, 15) is 0 Å². The summed E-state index contributed by atoms with van der Waals surface area (Å²) in [5, 5.41) is 1.15. The summed E-state index contributed by atoms with van der Waals surface area (Å²) in [6.45, 7) is 1.82. The largest absolute Gasteiger partial charge is 0.479 e. The molecule has 0 N–H and O–H groups in total. The molecule has 140 valence electrons. The normalized spacial score (nSPS) is 16.9. The van der Waals surface area contributed by atoms with Gasteiger partial charge in [0.15, 0.2) is 0 Å². The first kappa shape index (κ1) is 17.0. The molecule has 3 heterocycles. The first-order chi connectivity index (χ1) is 13.7. The third-order valence-electron chi connectivity index (χ3n) is 5.37. The van der Waals surface area contributed by atoms with Gasteiger partial charge in [-0.25, -0.2) is 9.97 Å². The van der Waals surface area contributed by atoms with Crippen LogP contribution < -0.4 is 4.74 Å². The van der Waals surface area contributed by atoms with Crippen LogP contribution in [0, 0.1) is 0 Å². The van der Waals surface area contributed by atoms with Gasteiger partial charge in [0.25, 0.3) is 0 Å². The lowest BCUT2D eigenvalue weighted by atomic mass is 9.86. The van der Waals surface area contributed by atoms with Crippen LogP contribution in [0.3, 0.4) is 0 Å². The zero-order valence-electron chi connectivity index (χ0n) is 15.9. The van der Waals surface area contributed by atoms with Crippen LogP contribution in [0.5, 0.6) is 5.88 Å². The summed E-state index contributed by atoms with van der Waals surface area (Å²) < 4.78 is 11.6. The highest BCUT2D eigenvalue weighted by molar-refractivity contribution is 5.78. The maximum atomic E-state index is 6.20. The molecule has 1 unspecified atom stereocenters. The average Bonchev–Trinajstić information content (AvgIpc) is 3.16. The van der Waals surface area contributed by atoms with Crippen LogP contribution in [0.2, 0.25) is 0 Å². The third-order valence-corrected chi connectivity index (χ3v) is 5.37. The monoisotopic (exact) mass is 371 g/mol. The van der Waals surface area contributed by atoms with Crippen LogP contribution in [-0.2, 0) is 6.54 Å². The van der Waals surface area contributed by atoms with E-state index < -0.39 is 0 Å². The van der Waals surface area contributed by atoms with Crippen molar-refractivity contribution in [1.29, 1.82) is 0 Å². The molecule has 0 radical (unpaired) electrons. The highest BCUT2D eigenvalue weighted by atomic mass is 16.5. The average molecular weight is 371 g/mol. The predicted octanol–water partition coefficient (Wildman–Crippen LogP) is 4.48. The molecule has 5 nitrogen and oxygen atoms in total. The second-order valence-corrected chi connectivity index (χ2v) is 7.26. The van der Waals surface area contributed by atoms with Crippen molar-refractivity contribution in [2.45, 2.75) is 12.5 Å². The summed E-state index contributed by atoms with van der Waals surface area (Å²) >= 11 is 0. The number of para-hydroxylation sites is 1. The fourth-order valence-electron chi connectivity index (χ4n) is 4.09. The van der Waals surface area contributed by atoms with Crippen molar-refractivity contribution >= 4 is 11.0 Å². The van der Waals surface area contributed by atoms with Crippen molar-refractivity contribution in [3.05, 3.63) is 77.8 Å². The third kappa shape index (κ3) is 2.84. The summed E-state index contributed by atoms with van der Waals surface area (Å²) in [6.07, 6.45) is 3.34. The molecule has 2 aromatic carbocycles. The van der Waals surface area contributed by atoms with Gasteiger partial charge in [0.1, 0.15) is 17.0 Å². The number of aromatic nitrogens is 2. The molecule has 1 aliphatic heterocycles. The Balaban J connectivity index is 1.59. The fourth-order valence-corrected chi connectivity index (χ4v) is 4.09. The van der Waals surface area contributed by atoms with Crippen molar-refractivity contribution in [1.82, 2.24) is 14.9 Å². The molecule has 1 atom stereocenters. The van der Waals surface area contributed by atoms with Crippen molar-refractivity contribution in [3.63, 3.8) is 0 Å². The van der Waals surface area contributed by atoms with Gasteiger partial charge in [0.05, 0.1) is 13.0 Å². The standard InChI is InChI=1S/C23H21N3O2/c1-26-13-17-11-16(22-23(27-2)25-10-9-24-22)7-8-18(17)19(14-26)21-12-15-5-3-4-6-20(15)28-21/h3-12,19H,13-14H2,1-2H3. The summed E-state index contributed by atoms with van der Waals surface area (Å²) in [5.41, 5.74) is 5.31. The van der Waals surface area contributed by atoms with Crippen LogP contribution in [-0.4, -0.2) is 35.6 Å². The SMILES string of the molecule is COc1nccnc1-c1ccc2c(c1)CN(C)CC2c1cc2ccccc2o1. The smallest absolute Gasteiger partial charge is 0.240 e. The molecule has 4 aromatic rings. The van der Waals surface area contributed by atoms with Gasteiger partial charge in [-0.2, -0.15) is 0 Å². The van der Waals surface area contributed by atoms with Gasteiger partial charge in [0.2, 0.25) is 5.88 Å². The summed E-state index contributed by atoms with van der Waals surface area (Å²) in [6, 6.07) is 16.8. The minimum absolute atomic E-state index is 0.207. The summed E-state index contributed by atoms with van der Waals surface area (Å²) in [5.74, 6) is 1.76. The van der Waals surface area contributed by atoms with Gasteiger partial charge in [0, 0.05) is 36.4 Å². The Bertz CT molecular complexity index is 1120. The Morgan fingerprint density at radius 1 is 1.07 bits per heavy atom. The predicted molar refractivity (Wildman–Crippen MR) is 108 cm³/mol. The Hall–Kier alpha value is -3.18. The lowest BCUT2D eigenvalue weighted by molar-refractivity contribution is 0.282. The van der Waals surface area contributed by atoms with E-state index >= 15 is 0 Å². The van der Waals surface area contributed by atoms with Crippen LogP contribution in [0.15, 0.2) is 65.3 Å². The first-order valence-corrected chi connectivity index (χ1v) is 9.38. The maximum Gasteiger partial charge on any atom is 0.240 e. The van der Waals surface area contributed by atoms with Gasteiger partial charge in [-0.15, -0.1) is 0 Å². The number of nitrogens with zero attached hydrogens (tertiary/aromatic N) is 3. The topological polar surface area (TPSA) is 51.4 Å². The highest BCUT2D eigenvalue weighted by Gasteiger charge is 2.28. The number of furan rings is 1. The van der Waals surface area contributed by atoms with Crippen molar-refractivity contribution < 1.29 is 9.15 Å². The van der Waals surface area contributed by atoms with Crippen LogP contribution in [0.1, 0.15) is 22.8 Å². The van der Waals surface area contributed by atoms with Gasteiger partial charge in [-0.05, 0) is 36.4 Å². The first-order valence-electron chi connectivity index (χ1n) is 9.38. The van der Waals surface area contributed by atoms with E-state index in [-0.39, 0.29) is 5.92 Å². The Kier molecular flexibility index (Phi) is 4.10. The summed E-state index contributed by atoms with van der Waals surface area (Å²) in [4.78, 5) is 11.1. The Morgan fingerprint density at radius 2 is 1.93 bits per heavy atom. The number of rotatable bonds is 3. The Morgan fingerprint density at radius 3 is 2.79 bits per heavy atom. The molecular formula is C23H21N3O2. The van der Waals surface area contributed by atoms with E-state index in [4.69, 9.17) is 9.15 Å². The molecule has 0 spiro atoms. The van der Waals surface area contributed by atoms with Gasteiger partial charge >= 0.3 is 0 Å². The molecule has 2 aromatic heterocycles. The molecule has 5 heteroatoms. The van der Waals surface area contributed by atoms with E-state index in [0.717, 1.165) is 41.1 Å². The minimum Gasteiger partial charge on any atom is -0.479 e. The number of fused-ring (bicyclic) bond motifs is 2. The fraction of sp³-hybridized carbons (Fsp3) is 0.217. The van der Waals surface area contributed by atoms with E-state index in [1.54, 1.807) is 19.5 Å². The van der Waals surface area contributed by atoms with Crippen LogP contribution >= 0.6 is 0 Å². The molecule has 0 saturated heterocycles. The zero-order chi connectivity index (χ0) is 19.1. The van der Waals surface area contributed by atoms with Crippen molar-refractivity contribution in [2.24, 2.45) is 0 Å².